The molecule has 4 nitrogen and oxygen atoms in total. The molecule has 36 heavy (non-hydrogen) atoms. The molecule has 1 amide bonds. The van der Waals surface area contributed by atoms with E-state index in [1.54, 1.807) is 0 Å². The number of ketones is 1. The molecule has 1 saturated carbocycles. The van der Waals surface area contributed by atoms with Crippen LogP contribution in [0.2, 0.25) is 0 Å². The van der Waals surface area contributed by atoms with Crippen LogP contribution in [-0.4, -0.2) is 22.5 Å². The van der Waals surface area contributed by atoms with Gasteiger partial charge in [-0.05, 0) is 69.4 Å². The lowest BCUT2D eigenvalue weighted by Crippen LogP contribution is -2.48. The summed E-state index contributed by atoms with van der Waals surface area (Å²) in [7, 11) is 0. The standard InChI is InChI=1S/C32H41NO3/c1-7-20(2)15-22(4)27-23(5)17-31(6)16-21(3)13-14-26(31)28(27)29(34)25-19-32(36,33-30(25)35)18-24-11-9-8-10-12-24/h7-12,15,17,19,21,26-28,36H,13-14,16,18H2,1-6H3,(H,33,35)/b20-7+,22-15+/t21-,26+,27?,28+,31+,32?/m1/s1. The summed E-state index contributed by atoms with van der Waals surface area (Å²) in [6.45, 7) is 12.9. The van der Waals surface area contributed by atoms with Crippen LogP contribution < -0.4 is 5.32 Å². The minimum absolute atomic E-state index is 0.0598. The first-order chi connectivity index (χ1) is 17.0. The summed E-state index contributed by atoms with van der Waals surface area (Å²) in [5.41, 5.74) is 2.88. The molecule has 2 unspecified atom stereocenters. The molecule has 192 valence electrons. The van der Waals surface area contributed by atoms with E-state index in [-0.39, 0.29) is 40.9 Å². The molecule has 2 aliphatic carbocycles. The van der Waals surface area contributed by atoms with Crippen molar-refractivity contribution >= 4 is 11.7 Å². The van der Waals surface area contributed by atoms with E-state index in [0.717, 1.165) is 36.0 Å². The predicted octanol–water partition coefficient (Wildman–Crippen LogP) is 6.09. The summed E-state index contributed by atoms with van der Waals surface area (Å²) >= 11 is 0. The van der Waals surface area contributed by atoms with Crippen LogP contribution in [0.1, 0.15) is 66.4 Å². The average molecular weight is 488 g/mol. The van der Waals surface area contributed by atoms with Gasteiger partial charge in [-0.15, -0.1) is 0 Å². The van der Waals surface area contributed by atoms with E-state index < -0.39 is 11.6 Å². The summed E-state index contributed by atoms with van der Waals surface area (Å²) in [6.07, 6.45) is 11.5. The Balaban J connectivity index is 1.76. The average Bonchev–Trinajstić information content (AvgIpc) is 3.10. The Morgan fingerprint density at radius 3 is 2.53 bits per heavy atom. The summed E-state index contributed by atoms with van der Waals surface area (Å²) in [5, 5.41) is 13.9. The normalized spacial score (nSPS) is 35.0. The summed E-state index contributed by atoms with van der Waals surface area (Å²) in [4.78, 5) is 27.5. The van der Waals surface area contributed by atoms with E-state index in [1.165, 1.54) is 11.6 Å². The molecule has 1 aliphatic heterocycles. The van der Waals surface area contributed by atoms with Crippen molar-refractivity contribution in [2.45, 2.75) is 73.0 Å². The van der Waals surface area contributed by atoms with Gasteiger partial charge in [0.2, 0.25) is 0 Å². The van der Waals surface area contributed by atoms with Crippen LogP contribution in [0.25, 0.3) is 0 Å². The van der Waals surface area contributed by atoms with Gasteiger partial charge in [-0.1, -0.05) is 85.5 Å². The van der Waals surface area contributed by atoms with Crippen molar-refractivity contribution in [1.82, 2.24) is 5.32 Å². The van der Waals surface area contributed by atoms with Crippen LogP contribution in [0.4, 0.5) is 0 Å². The monoisotopic (exact) mass is 487 g/mol. The number of hydrogen-bond acceptors (Lipinski definition) is 3. The van der Waals surface area contributed by atoms with Crippen molar-refractivity contribution < 1.29 is 14.7 Å². The molecule has 4 heteroatoms. The topological polar surface area (TPSA) is 66.4 Å². The lowest BCUT2D eigenvalue weighted by Gasteiger charge is -2.52. The van der Waals surface area contributed by atoms with Gasteiger partial charge >= 0.3 is 0 Å². The molecular formula is C32H41NO3. The fourth-order valence-electron chi connectivity index (χ4n) is 7.16. The Kier molecular flexibility index (Phi) is 7.30. The van der Waals surface area contributed by atoms with Gasteiger partial charge in [0, 0.05) is 18.3 Å². The fourth-order valence-corrected chi connectivity index (χ4v) is 7.16. The van der Waals surface area contributed by atoms with Gasteiger partial charge in [-0.2, -0.15) is 0 Å². The molecule has 2 N–H and O–H groups in total. The van der Waals surface area contributed by atoms with E-state index in [1.807, 2.05) is 37.3 Å². The first kappa shape index (κ1) is 26.3. The maximum absolute atomic E-state index is 14.3. The molecule has 6 atom stereocenters. The van der Waals surface area contributed by atoms with Crippen LogP contribution >= 0.6 is 0 Å². The SMILES string of the molecule is C/C=C(C)/C=C(\C)C1C(C)=C[C@]2(C)C[C@H](C)CC[C@H]2[C@@H]1C(=O)C1=CC(O)(Cc2ccccc2)NC1=O. The van der Waals surface area contributed by atoms with Gasteiger partial charge < -0.3 is 10.4 Å². The molecule has 0 spiro atoms. The largest absolute Gasteiger partial charge is 0.367 e. The zero-order chi connectivity index (χ0) is 26.3. The number of fused-ring (bicyclic) bond motifs is 1. The lowest BCUT2D eigenvalue weighted by atomic mass is 9.52. The minimum atomic E-state index is -1.56. The van der Waals surface area contributed by atoms with Crippen molar-refractivity contribution in [3.8, 4) is 0 Å². The number of carbonyl (C=O) groups excluding carboxylic acids is 2. The molecule has 0 radical (unpaired) electrons. The van der Waals surface area contributed by atoms with Crippen molar-refractivity contribution in [3.05, 3.63) is 82.5 Å². The summed E-state index contributed by atoms with van der Waals surface area (Å²) in [6, 6.07) is 9.54. The first-order valence-electron chi connectivity index (χ1n) is 13.3. The van der Waals surface area contributed by atoms with Crippen LogP contribution in [0, 0.1) is 29.1 Å². The highest BCUT2D eigenvalue weighted by Gasteiger charge is 2.52. The molecule has 1 fully saturated rings. The minimum Gasteiger partial charge on any atom is -0.367 e. The Morgan fingerprint density at radius 1 is 1.17 bits per heavy atom. The molecule has 0 saturated heterocycles. The number of nitrogens with one attached hydrogen (secondary N) is 1. The highest BCUT2D eigenvalue weighted by molar-refractivity contribution is 6.22. The van der Waals surface area contributed by atoms with Gasteiger partial charge in [0.15, 0.2) is 11.5 Å². The van der Waals surface area contributed by atoms with E-state index in [0.29, 0.717) is 5.92 Å². The summed E-state index contributed by atoms with van der Waals surface area (Å²) in [5.74, 6) is -0.234. The van der Waals surface area contributed by atoms with Crippen molar-refractivity contribution in [2.24, 2.45) is 29.1 Å². The molecule has 4 rings (SSSR count). The smallest absolute Gasteiger partial charge is 0.257 e. The number of rotatable bonds is 6. The number of allylic oxidation sites excluding steroid dienone is 6. The quantitative estimate of drug-likeness (QED) is 0.290. The highest BCUT2D eigenvalue weighted by Crippen LogP contribution is 2.56. The third kappa shape index (κ3) is 5.06. The molecular weight excluding hydrogens is 446 g/mol. The summed E-state index contributed by atoms with van der Waals surface area (Å²) < 4.78 is 0. The van der Waals surface area contributed by atoms with Crippen LogP contribution in [-0.2, 0) is 16.0 Å². The fraction of sp³-hybridized carbons (Fsp3) is 0.500. The Hall–Kier alpha value is -2.72. The van der Waals surface area contributed by atoms with Gasteiger partial charge in [-0.25, -0.2) is 0 Å². The lowest BCUT2D eigenvalue weighted by molar-refractivity contribution is -0.129. The predicted molar refractivity (Wildman–Crippen MR) is 145 cm³/mol. The number of carbonyl (C=O) groups is 2. The molecule has 1 aromatic carbocycles. The van der Waals surface area contributed by atoms with Gasteiger partial charge in [0.1, 0.15) is 0 Å². The molecule has 3 aliphatic rings. The van der Waals surface area contributed by atoms with E-state index in [2.05, 4.69) is 58.2 Å². The van der Waals surface area contributed by atoms with Crippen LogP contribution in [0.15, 0.2) is 76.9 Å². The zero-order valence-electron chi connectivity index (χ0n) is 22.6. The molecule has 0 bridgehead atoms. The Bertz CT molecular complexity index is 1160. The second kappa shape index (κ2) is 9.97. The van der Waals surface area contributed by atoms with Gasteiger partial charge in [0.25, 0.3) is 5.91 Å². The van der Waals surface area contributed by atoms with Crippen molar-refractivity contribution in [3.63, 3.8) is 0 Å². The number of Topliss-reactive ketones (excluding diaryl/α,β-unsaturated/α-hetero) is 1. The van der Waals surface area contributed by atoms with Gasteiger partial charge in [-0.3, -0.25) is 9.59 Å². The highest BCUT2D eigenvalue weighted by atomic mass is 16.3. The molecule has 0 aromatic heterocycles. The van der Waals surface area contributed by atoms with Crippen LogP contribution in [0.5, 0.6) is 0 Å². The Labute approximate surface area is 216 Å². The molecule has 1 heterocycles. The van der Waals surface area contributed by atoms with E-state index >= 15 is 0 Å². The van der Waals surface area contributed by atoms with Gasteiger partial charge in [0.05, 0.1) is 5.57 Å². The maximum atomic E-state index is 14.3. The molecule has 1 aromatic rings. The van der Waals surface area contributed by atoms with Crippen LogP contribution in [0.3, 0.4) is 0 Å². The first-order valence-corrected chi connectivity index (χ1v) is 13.3. The van der Waals surface area contributed by atoms with E-state index in [4.69, 9.17) is 0 Å². The number of benzene rings is 1. The second-order valence-electron chi connectivity index (χ2n) is 11.8. The number of aliphatic hydroxyl groups is 1. The third-order valence-electron chi connectivity index (χ3n) is 8.69. The van der Waals surface area contributed by atoms with Crippen molar-refractivity contribution in [2.75, 3.05) is 0 Å². The number of amides is 1. The number of hydrogen-bond donors (Lipinski definition) is 2. The Morgan fingerprint density at radius 2 is 1.86 bits per heavy atom. The third-order valence-corrected chi connectivity index (χ3v) is 8.69. The van der Waals surface area contributed by atoms with Crippen molar-refractivity contribution in [1.29, 1.82) is 0 Å². The maximum Gasteiger partial charge on any atom is 0.257 e. The zero-order valence-corrected chi connectivity index (χ0v) is 22.6. The van der Waals surface area contributed by atoms with E-state index in [9.17, 15) is 14.7 Å². The second-order valence-corrected chi connectivity index (χ2v) is 11.8.